The Morgan fingerprint density at radius 1 is 1.25 bits per heavy atom. The molecule has 0 bridgehead atoms. The summed E-state index contributed by atoms with van der Waals surface area (Å²) in [7, 11) is 1.81. The highest BCUT2D eigenvalue weighted by molar-refractivity contribution is 14.0. The molecule has 0 saturated heterocycles. The van der Waals surface area contributed by atoms with E-state index in [4.69, 9.17) is 0 Å². The van der Waals surface area contributed by atoms with Crippen LogP contribution in [0.2, 0.25) is 0 Å². The van der Waals surface area contributed by atoms with Crippen LogP contribution in [0.5, 0.6) is 0 Å². The van der Waals surface area contributed by atoms with E-state index < -0.39 is 0 Å². The van der Waals surface area contributed by atoms with Gasteiger partial charge in [0.05, 0.1) is 0 Å². The summed E-state index contributed by atoms with van der Waals surface area (Å²) in [5.41, 5.74) is 2.67. The molecule has 0 aliphatic heterocycles. The number of nitrogens with zero attached hydrogens (tertiary/aromatic N) is 1. The molecule has 0 aromatic heterocycles. The molecule has 4 heteroatoms. The highest BCUT2D eigenvalue weighted by Gasteiger charge is 2.08. The quantitative estimate of drug-likeness (QED) is 0.460. The Bertz CT molecular complexity index is 416. The zero-order valence-electron chi connectivity index (χ0n) is 13.2. The molecule has 0 heterocycles. The van der Waals surface area contributed by atoms with E-state index >= 15 is 0 Å². The maximum Gasteiger partial charge on any atom is 0.191 e. The predicted octanol–water partition coefficient (Wildman–Crippen LogP) is 3.37. The van der Waals surface area contributed by atoms with Crippen LogP contribution in [0.1, 0.15) is 31.9 Å². The molecule has 0 fully saturated rings. The Balaban J connectivity index is 0.00000361. The number of aryl methyl sites for hydroxylation is 1. The van der Waals surface area contributed by atoms with Gasteiger partial charge in [0.2, 0.25) is 0 Å². The maximum absolute atomic E-state index is 4.25. The number of aliphatic imine (C=N–C) groups is 1. The molecular weight excluding hydrogens is 361 g/mol. The third-order valence-corrected chi connectivity index (χ3v) is 3.38. The first-order valence-electron chi connectivity index (χ1n) is 7.05. The summed E-state index contributed by atoms with van der Waals surface area (Å²) in [6.07, 6.45) is 1.01. The van der Waals surface area contributed by atoms with Crippen molar-refractivity contribution in [1.29, 1.82) is 0 Å². The lowest BCUT2D eigenvalue weighted by molar-refractivity contribution is 0.481. The van der Waals surface area contributed by atoms with E-state index in [-0.39, 0.29) is 24.0 Å². The molecule has 3 nitrogen and oxygen atoms in total. The monoisotopic (exact) mass is 389 g/mol. The molecule has 1 atom stereocenters. The first-order chi connectivity index (χ1) is 9.02. The summed E-state index contributed by atoms with van der Waals surface area (Å²) in [5.74, 6) is 1.48. The molecule has 1 aromatic rings. The van der Waals surface area contributed by atoms with Crippen LogP contribution in [-0.4, -0.2) is 25.6 Å². The van der Waals surface area contributed by atoms with Crippen molar-refractivity contribution in [2.75, 3.05) is 13.6 Å². The van der Waals surface area contributed by atoms with Gasteiger partial charge in [0.1, 0.15) is 0 Å². The van der Waals surface area contributed by atoms with Gasteiger partial charge in [0.25, 0.3) is 0 Å². The van der Waals surface area contributed by atoms with Crippen molar-refractivity contribution >= 4 is 29.9 Å². The second-order valence-electron chi connectivity index (χ2n) is 5.42. The fraction of sp³-hybridized carbons (Fsp3) is 0.562. The van der Waals surface area contributed by atoms with Crippen LogP contribution in [0.4, 0.5) is 0 Å². The lowest BCUT2D eigenvalue weighted by Gasteiger charge is -2.20. The van der Waals surface area contributed by atoms with Crippen molar-refractivity contribution in [2.24, 2.45) is 10.9 Å². The third kappa shape index (κ3) is 7.12. The van der Waals surface area contributed by atoms with Gasteiger partial charge >= 0.3 is 0 Å². The molecule has 0 spiro atoms. The maximum atomic E-state index is 4.25. The zero-order chi connectivity index (χ0) is 14.3. The van der Waals surface area contributed by atoms with Crippen molar-refractivity contribution in [1.82, 2.24) is 10.6 Å². The minimum atomic E-state index is 0. The number of benzene rings is 1. The number of rotatable bonds is 5. The van der Waals surface area contributed by atoms with Crippen molar-refractivity contribution in [3.8, 4) is 0 Å². The molecule has 0 aliphatic carbocycles. The molecular formula is C16H28IN3. The Morgan fingerprint density at radius 3 is 2.50 bits per heavy atom. The van der Waals surface area contributed by atoms with E-state index in [1.807, 2.05) is 7.05 Å². The molecule has 1 rings (SSSR count). The van der Waals surface area contributed by atoms with Gasteiger partial charge in [0.15, 0.2) is 5.96 Å². The number of nitrogens with one attached hydrogen (secondary N) is 2. The number of halogens is 1. The van der Waals surface area contributed by atoms with Crippen LogP contribution in [0, 0.1) is 12.8 Å². The molecule has 0 aliphatic rings. The SMILES string of the molecule is CN=C(NCCc1cccc(C)c1)NC(C)C(C)C.I. The largest absolute Gasteiger partial charge is 0.356 e. The van der Waals surface area contributed by atoms with Crippen molar-refractivity contribution in [2.45, 2.75) is 40.2 Å². The van der Waals surface area contributed by atoms with E-state index in [1.165, 1.54) is 11.1 Å². The highest BCUT2D eigenvalue weighted by atomic mass is 127. The predicted molar refractivity (Wildman–Crippen MR) is 99.1 cm³/mol. The van der Waals surface area contributed by atoms with Gasteiger partial charge in [-0.05, 0) is 31.7 Å². The van der Waals surface area contributed by atoms with Crippen LogP contribution >= 0.6 is 24.0 Å². The van der Waals surface area contributed by atoms with Gasteiger partial charge in [-0.15, -0.1) is 24.0 Å². The summed E-state index contributed by atoms with van der Waals surface area (Å²) < 4.78 is 0. The van der Waals surface area contributed by atoms with E-state index in [0.29, 0.717) is 12.0 Å². The average molecular weight is 389 g/mol. The second-order valence-corrected chi connectivity index (χ2v) is 5.42. The molecule has 20 heavy (non-hydrogen) atoms. The van der Waals surface area contributed by atoms with E-state index in [0.717, 1.165) is 18.9 Å². The topological polar surface area (TPSA) is 36.4 Å². The fourth-order valence-electron chi connectivity index (χ4n) is 1.77. The summed E-state index contributed by atoms with van der Waals surface area (Å²) in [5, 5.41) is 6.76. The van der Waals surface area contributed by atoms with Crippen LogP contribution in [0.15, 0.2) is 29.3 Å². The van der Waals surface area contributed by atoms with E-state index in [2.05, 4.69) is 67.6 Å². The summed E-state index contributed by atoms with van der Waals surface area (Å²) >= 11 is 0. The van der Waals surface area contributed by atoms with Gasteiger partial charge in [-0.25, -0.2) is 0 Å². The molecule has 1 aromatic carbocycles. The van der Waals surface area contributed by atoms with Crippen LogP contribution < -0.4 is 10.6 Å². The zero-order valence-corrected chi connectivity index (χ0v) is 15.6. The van der Waals surface area contributed by atoms with Gasteiger partial charge in [-0.2, -0.15) is 0 Å². The Morgan fingerprint density at radius 2 is 1.95 bits per heavy atom. The summed E-state index contributed by atoms with van der Waals surface area (Å²) in [6.45, 7) is 9.61. The molecule has 114 valence electrons. The molecule has 1 unspecified atom stereocenters. The molecule has 0 saturated carbocycles. The first-order valence-corrected chi connectivity index (χ1v) is 7.05. The van der Waals surface area contributed by atoms with Crippen LogP contribution in [-0.2, 0) is 6.42 Å². The molecule has 0 amide bonds. The highest BCUT2D eigenvalue weighted by Crippen LogP contribution is 2.04. The van der Waals surface area contributed by atoms with Gasteiger partial charge < -0.3 is 10.6 Å². The molecule has 2 N–H and O–H groups in total. The fourth-order valence-corrected chi connectivity index (χ4v) is 1.77. The lowest BCUT2D eigenvalue weighted by Crippen LogP contribution is -2.44. The lowest BCUT2D eigenvalue weighted by atomic mass is 10.1. The average Bonchev–Trinajstić information content (AvgIpc) is 2.37. The summed E-state index contributed by atoms with van der Waals surface area (Å²) in [6, 6.07) is 9.06. The minimum Gasteiger partial charge on any atom is -0.356 e. The van der Waals surface area contributed by atoms with Gasteiger partial charge in [-0.1, -0.05) is 43.7 Å². The summed E-state index contributed by atoms with van der Waals surface area (Å²) in [4.78, 5) is 4.25. The van der Waals surface area contributed by atoms with Crippen LogP contribution in [0.25, 0.3) is 0 Å². The van der Waals surface area contributed by atoms with Gasteiger partial charge in [0, 0.05) is 19.6 Å². The minimum absolute atomic E-state index is 0. The number of hydrogen-bond donors (Lipinski definition) is 2. The Hall–Kier alpha value is -0.780. The molecule has 0 radical (unpaired) electrons. The Labute approximate surface area is 140 Å². The first kappa shape index (κ1) is 19.2. The number of hydrogen-bond acceptors (Lipinski definition) is 1. The van der Waals surface area contributed by atoms with Crippen molar-refractivity contribution < 1.29 is 0 Å². The normalized spacial score (nSPS) is 12.8. The Kier molecular flexibility index (Phi) is 9.63. The number of guanidine groups is 1. The van der Waals surface area contributed by atoms with Crippen molar-refractivity contribution in [3.63, 3.8) is 0 Å². The smallest absolute Gasteiger partial charge is 0.191 e. The third-order valence-electron chi connectivity index (χ3n) is 3.38. The van der Waals surface area contributed by atoms with E-state index in [9.17, 15) is 0 Å². The van der Waals surface area contributed by atoms with Crippen LogP contribution in [0.3, 0.4) is 0 Å². The van der Waals surface area contributed by atoms with E-state index in [1.54, 1.807) is 0 Å². The van der Waals surface area contributed by atoms with Gasteiger partial charge in [-0.3, -0.25) is 4.99 Å². The van der Waals surface area contributed by atoms with Crippen molar-refractivity contribution in [3.05, 3.63) is 35.4 Å². The standard InChI is InChI=1S/C16H27N3.HI/c1-12(2)14(4)19-16(17-5)18-10-9-15-8-6-7-13(3)11-15;/h6-8,11-12,14H,9-10H2,1-5H3,(H2,17,18,19);1H. The second kappa shape index (κ2) is 10.0.